The number of hydrogen-bond acceptors (Lipinski definition) is 1. The average molecular weight is 259 g/mol. The molecule has 3 rings (SSSR count). The van der Waals surface area contributed by atoms with Crippen molar-refractivity contribution in [3.05, 3.63) is 78.9 Å². The highest BCUT2D eigenvalue weighted by molar-refractivity contribution is 5.85. The molecule has 1 N–H and O–H groups in total. The van der Waals surface area contributed by atoms with Gasteiger partial charge >= 0.3 is 0 Å². The third-order valence-electron chi connectivity index (χ3n) is 3.48. The van der Waals surface area contributed by atoms with E-state index in [1.165, 1.54) is 22.3 Å². The van der Waals surface area contributed by atoms with Crippen molar-refractivity contribution in [1.29, 1.82) is 0 Å². The number of benzene rings is 3. The monoisotopic (exact) mass is 259 g/mol. The van der Waals surface area contributed by atoms with Crippen LogP contribution in [0.2, 0.25) is 0 Å². The molecule has 0 aliphatic rings. The van der Waals surface area contributed by atoms with Gasteiger partial charge in [-0.1, -0.05) is 66.7 Å². The summed E-state index contributed by atoms with van der Waals surface area (Å²) < 4.78 is 0. The fourth-order valence-electron chi connectivity index (χ4n) is 2.43. The van der Waals surface area contributed by atoms with Crippen molar-refractivity contribution >= 4 is 5.69 Å². The average Bonchev–Trinajstić information content (AvgIpc) is 2.56. The summed E-state index contributed by atoms with van der Waals surface area (Å²) in [7, 11) is 1.95. The van der Waals surface area contributed by atoms with Crippen LogP contribution >= 0.6 is 0 Å². The first kappa shape index (κ1) is 12.5. The Balaban J connectivity index is 2.20. The van der Waals surface area contributed by atoms with Crippen LogP contribution in [0.25, 0.3) is 22.3 Å². The van der Waals surface area contributed by atoms with Gasteiger partial charge in [0.1, 0.15) is 0 Å². The van der Waals surface area contributed by atoms with Gasteiger partial charge in [0.25, 0.3) is 0 Å². The van der Waals surface area contributed by atoms with E-state index in [9.17, 15) is 0 Å². The molecule has 20 heavy (non-hydrogen) atoms. The molecule has 1 nitrogen and oxygen atoms in total. The first-order valence-electron chi connectivity index (χ1n) is 6.81. The number of nitrogens with one attached hydrogen (secondary N) is 1. The smallest absolute Gasteiger partial charge is 0.0344 e. The van der Waals surface area contributed by atoms with Gasteiger partial charge in [-0.15, -0.1) is 0 Å². The van der Waals surface area contributed by atoms with E-state index in [4.69, 9.17) is 0 Å². The molecule has 0 saturated heterocycles. The zero-order chi connectivity index (χ0) is 13.8. The van der Waals surface area contributed by atoms with E-state index in [2.05, 4.69) is 72.0 Å². The van der Waals surface area contributed by atoms with Crippen LogP contribution in [0.4, 0.5) is 5.69 Å². The number of hydrogen-bond donors (Lipinski definition) is 1. The summed E-state index contributed by atoms with van der Waals surface area (Å²) in [6, 6.07) is 27.5. The normalized spacial score (nSPS) is 10.2. The van der Waals surface area contributed by atoms with Gasteiger partial charge in [-0.25, -0.2) is 0 Å². The minimum Gasteiger partial charge on any atom is -0.388 e. The van der Waals surface area contributed by atoms with E-state index in [0.29, 0.717) is 0 Å². The molecule has 0 radical (unpaired) electrons. The molecule has 0 atom stereocenters. The van der Waals surface area contributed by atoms with Crippen molar-refractivity contribution in [3.8, 4) is 22.3 Å². The second kappa shape index (κ2) is 5.62. The molecule has 98 valence electrons. The predicted octanol–water partition coefficient (Wildman–Crippen LogP) is 5.06. The Labute approximate surface area is 119 Å². The molecule has 0 aromatic heterocycles. The van der Waals surface area contributed by atoms with Gasteiger partial charge in [0.2, 0.25) is 0 Å². The van der Waals surface area contributed by atoms with Gasteiger partial charge in [0.05, 0.1) is 0 Å². The number of rotatable bonds is 3. The molecular weight excluding hydrogens is 242 g/mol. The molecule has 1 heteroatoms. The van der Waals surface area contributed by atoms with Crippen molar-refractivity contribution < 1.29 is 0 Å². The molecule has 0 aliphatic heterocycles. The Kier molecular flexibility index (Phi) is 3.51. The van der Waals surface area contributed by atoms with E-state index in [-0.39, 0.29) is 0 Å². The minimum absolute atomic E-state index is 1.13. The van der Waals surface area contributed by atoms with Crippen molar-refractivity contribution in [3.63, 3.8) is 0 Å². The Morgan fingerprint density at radius 2 is 1.15 bits per heavy atom. The third-order valence-corrected chi connectivity index (χ3v) is 3.48. The second-order valence-electron chi connectivity index (χ2n) is 4.74. The van der Waals surface area contributed by atoms with Crippen LogP contribution < -0.4 is 5.32 Å². The Hall–Kier alpha value is -2.54. The molecule has 0 saturated carbocycles. The lowest BCUT2D eigenvalue weighted by molar-refractivity contribution is 1.50. The zero-order valence-corrected chi connectivity index (χ0v) is 11.5. The lowest BCUT2D eigenvalue weighted by Crippen LogP contribution is -1.91. The fourth-order valence-corrected chi connectivity index (χ4v) is 2.43. The first-order valence-corrected chi connectivity index (χ1v) is 6.81. The minimum atomic E-state index is 1.13. The fraction of sp³-hybridized carbons (Fsp3) is 0.0526. The summed E-state index contributed by atoms with van der Waals surface area (Å²) in [5, 5.41) is 3.22. The second-order valence-corrected chi connectivity index (χ2v) is 4.74. The molecule has 0 heterocycles. The van der Waals surface area contributed by atoms with Gasteiger partial charge in [-0.2, -0.15) is 0 Å². The van der Waals surface area contributed by atoms with Gasteiger partial charge in [-0.3, -0.25) is 0 Å². The molecule has 0 bridgehead atoms. The first-order chi connectivity index (χ1) is 9.88. The van der Waals surface area contributed by atoms with Gasteiger partial charge < -0.3 is 5.32 Å². The standard InChI is InChI=1S/C19H17N/c1-20-17-12-13-18(15-8-4-2-5-9-15)19(14-17)16-10-6-3-7-11-16/h2-14,20H,1H3. The van der Waals surface area contributed by atoms with E-state index in [1.807, 2.05) is 19.2 Å². The van der Waals surface area contributed by atoms with Gasteiger partial charge in [0, 0.05) is 12.7 Å². The molecule has 3 aromatic rings. The van der Waals surface area contributed by atoms with Crippen LogP contribution in [0.5, 0.6) is 0 Å². The summed E-state index contributed by atoms with van der Waals surface area (Å²) in [6.45, 7) is 0. The molecule has 0 unspecified atom stereocenters. The van der Waals surface area contributed by atoms with Crippen LogP contribution in [-0.4, -0.2) is 7.05 Å². The van der Waals surface area contributed by atoms with Crippen LogP contribution in [0.15, 0.2) is 78.9 Å². The summed E-state index contributed by atoms with van der Waals surface area (Å²) in [5.74, 6) is 0. The maximum Gasteiger partial charge on any atom is 0.0344 e. The molecular formula is C19H17N. The van der Waals surface area contributed by atoms with Gasteiger partial charge in [-0.05, 0) is 34.4 Å². The maximum atomic E-state index is 3.22. The Bertz CT molecular complexity index is 687. The quantitative estimate of drug-likeness (QED) is 0.693. The Morgan fingerprint density at radius 3 is 1.70 bits per heavy atom. The van der Waals surface area contributed by atoms with Crippen molar-refractivity contribution in [1.82, 2.24) is 0 Å². The number of anilines is 1. The van der Waals surface area contributed by atoms with Crippen molar-refractivity contribution in [2.45, 2.75) is 0 Å². The highest BCUT2D eigenvalue weighted by atomic mass is 14.8. The molecule has 0 spiro atoms. The lowest BCUT2D eigenvalue weighted by atomic mass is 9.94. The van der Waals surface area contributed by atoms with E-state index in [1.54, 1.807) is 0 Å². The maximum absolute atomic E-state index is 3.22. The lowest BCUT2D eigenvalue weighted by Gasteiger charge is -2.12. The van der Waals surface area contributed by atoms with Crippen molar-refractivity contribution in [2.24, 2.45) is 0 Å². The Morgan fingerprint density at radius 1 is 0.600 bits per heavy atom. The molecule has 0 aliphatic carbocycles. The van der Waals surface area contributed by atoms with E-state index >= 15 is 0 Å². The predicted molar refractivity (Wildman–Crippen MR) is 86.9 cm³/mol. The third kappa shape index (κ3) is 2.43. The molecule has 0 amide bonds. The topological polar surface area (TPSA) is 12.0 Å². The summed E-state index contributed by atoms with van der Waals surface area (Å²) in [5.41, 5.74) is 6.13. The van der Waals surface area contributed by atoms with Crippen LogP contribution in [0.3, 0.4) is 0 Å². The summed E-state index contributed by atoms with van der Waals surface area (Å²) in [6.07, 6.45) is 0. The van der Waals surface area contributed by atoms with Crippen molar-refractivity contribution in [2.75, 3.05) is 12.4 Å². The van der Waals surface area contributed by atoms with Gasteiger partial charge in [0.15, 0.2) is 0 Å². The highest BCUT2D eigenvalue weighted by Gasteiger charge is 2.07. The van der Waals surface area contributed by atoms with Crippen LogP contribution in [-0.2, 0) is 0 Å². The summed E-state index contributed by atoms with van der Waals surface area (Å²) in [4.78, 5) is 0. The van der Waals surface area contributed by atoms with Crippen LogP contribution in [0, 0.1) is 0 Å². The SMILES string of the molecule is CNc1ccc(-c2ccccc2)c(-c2ccccc2)c1. The van der Waals surface area contributed by atoms with Crippen LogP contribution in [0.1, 0.15) is 0 Å². The highest BCUT2D eigenvalue weighted by Crippen LogP contribution is 2.34. The molecule has 0 fully saturated rings. The van der Waals surface area contributed by atoms with E-state index in [0.717, 1.165) is 5.69 Å². The van der Waals surface area contributed by atoms with E-state index < -0.39 is 0 Å². The largest absolute Gasteiger partial charge is 0.388 e. The molecule has 3 aromatic carbocycles. The summed E-state index contributed by atoms with van der Waals surface area (Å²) >= 11 is 0. The zero-order valence-electron chi connectivity index (χ0n) is 11.5.